The number of carbonyl (C=O) groups is 1. The van der Waals surface area contributed by atoms with Gasteiger partial charge in [0.05, 0.1) is 22.8 Å². The highest BCUT2D eigenvalue weighted by molar-refractivity contribution is 9.09. The number of likely N-dealkylation sites (N-methyl/N-ethyl adjacent to an activating group) is 1. The number of nitrogens with zero attached hydrogens (tertiary/aromatic N) is 2. The number of rotatable bonds is 3. The molecule has 0 aromatic heterocycles. The van der Waals surface area contributed by atoms with Crippen molar-refractivity contribution in [3.63, 3.8) is 0 Å². The van der Waals surface area contributed by atoms with Gasteiger partial charge in [-0.3, -0.25) is 4.90 Å². The first kappa shape index (κ1) is 14.3. The second-order valence-corrected chi connectivity index (χ2v) is 5.66. The molecule has 2 rings (SSSR count). The molecule has 104 valence electrons. The molecule has 0 N–H and O–H groups in total. The van der Waals surface area contributed by atoms with Gasteiger partial charge in [-0.1, -0.05) is 28.1 Å². The van der Waals surface area contributed by atoms with E-state index in [9.17, 15) is 4.79 Å². The van der Waals surface area contributed by atoms with E-state index in [1.54, 1.807) is 0 Å². The highest BCUT2D eigenvalue weighted by Crippen LogP contribution is 2.25. The van der Waals surface area contributed by atoms with Gasteiger partial charge in [0, 0.05) is 19.6 Å². The standard InChI is InChI=1S/C14H19BrN2O2/c1-3-19-14(18)11-6-4-5-7-12(11)17-9-8-16(2)13(15)10-17/h4-7,13H,3,8-10H2,1-2H3. The summed E-state index contributed by atoms with van der Waals surface area (Å²) >= 11 is 3.65. The summed E-state index contributed by atoms with van der Waals surface area (Å²) in [5.74, 6) is -0.247. The molecule has 1 heterocycles. The minimum absolute atomic E-state index is 0.247. The summed E-state index contributed by atoms with van der Waals surface area (Å²) in [7, 11) is 2.09. The summed E-state index contributed by atoms with van der Waals surface area (Å²) in [6.07, 6.45) is 0. The molecule has 4 nitrogen and oxygen atoms in total. The van der Waals surface area contributed by atoms with Crippen LogP contribution in [0.3, 0.4) is 0 Å². The number of carbonyl (C=O) groups excluding carboxylic acids is 1. The Hall–Kier alpha value is -1.07. The molecule has 1 aromatic carbocycles. The third-order valence-electron chi connectivity index (χ3n) is 3.31. The van der Waals surface area contributed by atoms with Crippen molar-refractivity contribution in [2.24, 2.45) is 0 Å². The van der Waals surface area contributed by atoms with Crippen molar-refractivity contribution in [1.29, 1.82) is 0 Å². The van der Waals surface area contributed by atoms with Crippen molar-refractivity contribution in [3.8, 4) is 0 Å². The molecular weight excluding hydrogens is 308 g/mol. The average Bonchev–Trinajstić information content (AvgIpc) is 2.42. The molecule has 19 heavy (non-hydrogen) atoms. The molecule has 1 fully saturated rings. The summed E-state index contributed by atoms with van der Waals surface area (Å²) in [5, 5.41) is 0. The Kier molecular flexibility index (Phi) is 4.82. The topological polar surface area (TPSA) is 32.8 Å². The molecule has 0 radical (unpaired) electrons. The van der Waals surface area contributed by atoms with E-state index < -0.39 is 0 Å². The van der Waals surface area contributed by atoms with Crippen LogP contribution in [-0.4, -0.2) is 49.1 Å². The Morgan fingerprint density at radius 1 is 1.42 bits per heavy atom. The van der Waals surface area contributed by atoms with Crippen LogP contribution in [0.25, 0.3) is 0 Å². The van der Waals surface area contributed by atoms with Gasteiger partial charge in [0.2, 0.25) is 0 Å². The van der Waals surface area contributed by atoms with Crippen molar-refractivity contribution in [1.82, 2.24) is 4.90 Å². The van der Waals surface area contributed by atoms with Gasteiger partial charge < -0.3 is 9.64 Å². The third-order valence-corrected chi connectivity index (χ3v) is 4.30. The van der Waals surface area contributed by atoms with E-state index in [2.05, 4.69) is 32.8 Å². The normalized spacial score (nSPS) is 20.4. The zero-order valence-electron chi connectivity index (χ0n) is 11.3. The van der Waals surface area contributed by atoms with E-state index in [0.717, 1.165) is 25.3 Å². The molecule has 1 aliphatic rings. The quantitative estimate of drug-likeness (QED) is 0.485. The van der Waals surface area contributed by atoms with Crippen molar-refractivity contribution in [2.75, 3.05) is 38.2 Å². The predicted octanol–water partition coefficient (Wildman–Crippen LogP) is 2.34. The number of benzene rings is 1. The summed E-state index contributed by atoms with van der Waals surface area (Å²) < 4.78 is 5.12. The molecule has 1 aliphatic heterocycles. The average molecular weight is 327 g/mol. The number of hydrogen-bond donors (Lipinski definition) is 0. The molecule has 0 spiro atoms. The lowest BCUT2D eigenvalue weighted by Gasteiger charge is -2.38. The van der Waals surface area contributed by atoms with Crippen LogP contribution in [0.1, 0.15) is 17.3 Å². The zero-order chi connectivity index (χ0) is 13.8. The van der Waals surface area contributed by atoms with Crippen LogP contribution in [0, 0.1) is 0 Å². The van der Waals surface area contributed by atoms with Crippen molar-refractivity contribution < 1.29 is 9.53 Å². The molecule has 0 amide bonds. The first-order valence-electron chi connectivity index (χ1n) is 6.49. The van der Waals surface area contributed by atoms with E-state index in [1.807, 2.05) is 31.2 Å². The monoisotopic (exact) mass is 326 g/mol. The fourth-order valence-corrected chi connectivity index (χ4v) is 2.73. The van der Waals surface area contributed by atoms with Crippen molar-refractivity contribution in [2.45, 2.75) is 11.9 Å². The van der Waals surface area contributed by atoms with Gasteiger partial charge in [-0.2, -0.15) is 0 Å². The number of hydrogen-bond acceptors (Lipinski definition) is 4. The van der Waals surface area contributed by atoms with Gasteiger partial charge in [-0.25, -0.2) is 4.79 Å². The molecule has 1 atom stereocenters. The van der Waals surface area contributed by atoms with E-state index in [0.29, 0.717) is 17.1 Å². The number of ether oxygens (including phenoxy) is 1. The molecule has 5 heteroatoms. The van der Waals surface area contributed by atoms with Crippen LogP contribution < -0.4 is 4.90 Å². The second-order valence-electron chi connectivity index (χ2n) is 4.60. The summed E-state index contributed by atoms with van der Waals surface area (Å²) in [6, 6.07) is 7.64. The number of alkyl halides is 1. The molecule has 1 aromatic rings. The molecular formula is C14H19BrN2O2. The van der Waals surface area contributed by atoms with Crippen molar-refractivity contribution in [3.05, 3.63) is 29.8 Å². The van der Waals surface area contributed by atoms with Gasteiger partial charge in [-0.05, 0) is 26.1 Å². The van der Waals surface area contributed by atoms with Crippen LogP contribution in [0.15, 0.2) is 24.3 Å². The van der Waals surface area contributed by atoms with Crippen LogP contribution in [0.5, 0.6) is 0 Å². The lowest BCUT2D eigenvalue weighted by molar-refractivity contribution is 0.0527. The van der Waals surface area contributed by atoms with Gasteiger partial charge in [0.25, 0.3) is 0 Å². The Labute approximate surface area is 122 Å². The molecule has 1 unspecified atom stereocenters. The van der Waals surface area contributed by atoms with E-state index in [-0.39, 0.29) is 5.97 Å². The highest BCUT2D eigenvalue weighted by atomic mass is 79.9. The highest BCUT2D eigenvalue weighted by Gasteiger charge is 2.25. The fraction of sp³-hybridized carbons (Fsp3) is 0.500. The van der Waals surface area contributed by atoms with Gasteiger partial charge in [0.15, 0.2) is 0 Å². The van der Waals surface area contributed by atoms with Crippen LogP contribution in [0.2, 0.25) is 0 Å². The van der Waals surface area contributed by atoms with E-state index in [4.69, 9.17) is 4.74 Å². The largest absolute Gasteiger partial charge is 0.462 e. The summed E-state index contributed by atoms with van der Waals surface area (Å²) in [5.41, 5.74) is 1.60. The predicted molar refractivity (Wildman–Crippen MR) is 80.0 cm³/mol. The minimum atomic E-state index is -0.247. The number of esters is 1. The third kappa shape index (κ3) is 3.28. The Bertz CT molecular complexity index is 453. The molecule has 0 bridgehead atoms. The Balaban J connectivity index is 2.22. The number of anilines is 1. The number of halogens is 1. The van der Waals surface area contributed by atoms with Gasteiger partial charge >= 0.3 is 5.97 Å². The maximum absolute atomic E-state index is 12.0. The number of para-hydroxylation sites is 1. The van der Waals surface area contributed by atoms with Gasteiger partial charge in [-0.15, -0.1) is 0 Å². The second kappa shape index (κ2) is 6.39. The SMILES string of the molecule is CCOC(=O)c1ccccc1N1CCN(C)C(Br)C1. The first-order valence-corrected chi connectivity index (χ1v) is 7.40. The zero-order valence-corrected chi connectivity index (χ0v) is 12.9. The fourth-order valence-electron chi connectivity index (χ4n) is 2.18. The minimum Gasteiger partial charge on any atom is -0.462 e. The van der Waals surface area contributed by atoms with Gasteiger partial charge in [0.1, 0.15) is 0 Å². The Morgan fingerprint density at radius 3 is 2.84 bits per heavy atom. The summed E-state index contributed by atoms with van der Waals surface area (Å²) in [4.78, 5) is 16.8. The van der Waals surface area contributed by atoms with Crippen LogP contribution in [0.4, 0.5) is 5.69 Å². The summed E-state index contributed by atoms with van der Waals surface area (Å²) in [6.45, 7) is 4.96. The maximum atomic E-state index is 12.0. The first-order chi connectivity index (χ1) is 9.13. The van der Waals surface area contributed by atoms with Crippen LogP contribution >= 0.6 is 15.9 Å². The van der Waals surface area contributed by atoms with Crippen molar-refractivity contribution >= 4 is 27.6 Å². The number of piperazine rings is 1. The molecule has 0 saturated carbocycles. The Morgan fingerprint density at radius 2 is 2.16 bits per heavy atom. The van der Waals surface area contributed by atoms with E-state index in [1.165, 1.54) is 0 Å². The molecule has 0 aliphatic carbocycles. The van der Waals surface area contributed by atoms with Crippen LogP contribution in [-0.2, 0) is 4.74 Å². The molecule has 1 saturated heterocycles. The lowest BCUT2D eigenvalue weighted by Crippen LogP contribution is -2.49. The maximum Gasteiger partial charge on any atom is 0.340 e. The smallest absolute Gasteiger partial charge is 0.340 e. The van der Waals surface area contributed by atoms with E-state index >= 15 is 0 Å². The lowest BCUT2D eigenvalue weighted by atomic mass is 10.1.